The molecule has 2 N–H and O–H groups in total. The lowest BCUT2D eigenvalue weighted by molar-refractivity contribution is 1.15. The summed E-state index contributed by atoms with van der Waals surface area (Å²) in [7, 11) is 0. The third-order valence-electron chi connectivity index (χ3n) is 11.1. The first-order valence-corrected chi connectivity index (χ1v) is 19.4. The second-order valence-electron chi connectivity index (χ2n) is 14.8. The van der Waals surface area contributed by atoms with Gasteiger partial charge in [0.2, 0.25) is 0 Å². The largest absolute Gasteiger partial charge is 0.354 e. The molecule has 0 fully saturated rings. The number of aryl methyl sites for hydroxylation is 1. The summed E-state index contributed by atoms with van der Waals surface area (Å²) in [6.45, 7) is 2.03. The summed E-state index contributed by atoms with van der Waals surface area (Å²) in [6.07, 6.45) is 8.46. The molecule has 0 saturated heterocycles. The molecule has 11 rings (SSSR count). The van der Waals surface area contributed by atoms with Gasteiger partial charge in [0, 0.05) is 44.0 Å². The second-order valence-corrected chi connectivity index (χ2v) is 14.8. The summed E-state index contributed by atoms with van der Waals surface area (Å²) in [5.74, 6) is 0. The average molecular weight is 743 g/mol. The molecule has 6 heterocycles. The second kappa shape index (κ2) is 13.3. The van der Waals surface area contributed by atoms with Crippen molar-refractivity contribution in [3.05, 3.63) is 186 Å². The lowest BCUT2D eigenvalue weighted by atomic mass is 9.99. The molecule has 2 aliphatic rings. The molecule has 4 aromatic heterocycles. The fourth-order valence-electron chi connectivity index (χ4n) is 8.70. The highest BCUT2D eigenvalue weighted by atomic mass is 15.0. The van der Waals surface area contributed by atoms with Crippen LogP contribution in [0.4, 0.5) is 0 Å². The SMILES string of the molecule is Cc1cc(C#N)cc(-c2c3nc(c(-c4ccccc4)c4ccc([nH]4)c(-n4c5ccccc5c5ccccc54)c4nc(c(-c5ccccc5)c5ccc2[nH]5)C=C4)C=C3)c1. The Balaban J connectivity index is 1.35. The van der Waals surface area contributed by atoms with Crippen molar-refractivity contribution in [3.8, 4) is 45.1 Å². The molecule has 0 aliphatic carbocycles. The summed E-state index contributed by atoms with van der Waals surface area (Å²) in [6, 6.07) is 55.0. The van der Waals surface area contributed by atoms with Crippen LogP contribution in [-0.4, -0.2) is 24.5 Å². The number of hydrogen-bond donors (Lipinski definition) is 2. The number of nitrogens with zero attached hydrogens (tertiary/aromatic N) is 4. The molecule has 272 valence electrons. The van der Waals surface area contributed by atoms with Gasteiger partial charge in [-0.1, -0.05) is 103 Å². The number of nitriles is 1. The minimum Gasteiger partial charge on any atom is -0.354 e. The molecule has 0 spiro atoms. The first-order valence-electron chi connectivity index (χ1n) is 19.4. The third kappa shape index (κ3) is 5.41. The van der Waals surface area contributed by atoms with Gasteiger partial charge in [0.1, 0.15) is 0 Å². The number of aromatic nitrogens is 5. The zero-order chi connectivity index (χ0) is 38.7. The lowest BCUT2D eigenvalue weighted by Crippen LogP contribution is -1.98. The predicted octanol–water partition coefficient (Wildman–Crippen LogP) is 12.9. The van der Waals surface area contributed by atoms with E-state index in [9.17, 15) is 5.26 Å². The number of hydrogen-bond acceptors (Lipinski definition) is 3. The maximum atomic E-state index is 10.0. The van der Waals surface area contributed by atoms with Gasteiger partial charge in [-0.25, -0.2) is 9.97 Å². The van der Waals surface area contributed by atoms with E-state index in [4.69, 9.17) is 9.97 Å². The minimum absolute atomic E-state index is 0.601. The van der Waals surface area contributed by atoms with Crippen LogP contribution in [0, 0.1) is 18.3 Å². The van der Waals surface area contributed by atoms with Crippen LogP contribution in [0.5, 0.6) is 0 Å². The highest BCUT2D eigenvalue weighted by molar-refractivity contribution is 6.10. The van der Waals surface area contributed by atoms with Crippen molar-refractivity contribution in [2.24, 2.45) is 0 Å². The van der Waals surface area contributed by atoms with Gasteiger partial charge in [0.15, 0.2) is 0 Å². The molecular formula is C52H34N6. The molecule has 0 amide bonds. The van der Waals surface area contributed by atoms with Crippen LogP contribution in [0.2, 0.25) is 0 Å². The Hall–Kier alpha value is -8.01. The molecule has 0 unspecified atom stereocenters. The monoisotopic (exact) mass is 742 g/mol. The van der Waals surface area contributed by atoms with Crippen molar-refractivity contribution in [1.29, 1.82) is 5.26 Å². The van der Waals surface area contributed by atoms with Gasteiger partial charge in [-0.3, -0.25) is 0 Å². The van der Waals surface area contributed by atoms with Crippen LogP contribution in [0.25, 0.3) is 107 Å². The minimum atomic E-state index is 0.601. The smallest absolute Gasteiger partial charge is 0.0991 e. The maximum Gasteiger partial charge on any atom is 0.0991 e. The van der Waals surface area contributed by atoms with Crippen molar-refractivity contribution in [1.82, 2.24) is 24.5 Å². The zero-order valence-corrected chi connectivity index (χ0v) is 31.5. The van der Waals surface area contributed by atoms with Crippen LogP contribution in [0.1, 0.15) is 33.9 Å². The van der Waals surface area contributed by atoms with Gasteiger partial charge in [0.05, 0.1) is 56.6 Å². The summed E-state index contributed by atoms with van der Waals surface area (Å²) in [5, 5.41) is 12.4. The molecule has 6 heteroatoms. The van der Waals surface area contributed by atoms with Crippen LogP contribution < -0.4 is 0 Å². The van der Waals surface area contributed by atoms with E-state index in [0.29, 0.717) is 5.56 Å². The maximum absolute atomic E-state index is 10.0. The molecule has 0 radical (unpaired) electrons. The Bertz CT molecular complexity index is 3320. The quantitative estimate of drug-likeness (QED) is 0.188. The predicted molar refractivity (Wildman–Crippen MR) is 239 cm³/mol. The van der Waals surface area contributed by atoms with Crippen LogP contribution in [0.3, 0.4) is 0 Å². The molecule has 6 nitrogen and oxygen atoms in total. The van der Waals surface area contributed by atoms with E-state index in [1.807, 2.05) is 31.2 Å². The average Bonchev–Trinajstić information content (AvgIpc) is 4.13. The molecule has 8 bridgehead atoms. The summed E-state index contributed by atoms with van der Waals surface area (Å²) < 4.78 is 2.35. The van der Waals surface area contributed by atoms with Crippen molar-refractivity contribution in [3.63, 3.8) is 0 Å². The Morgan fingerprint density at radius 1 is 0.466 bits per heavy atom. The fraction of sp³-hybridized carbons (Fsp3) is 0.0192. The van der Waals surface area contributed by atoms with E-state index >= 15 is 0 Å². The van der Waals surface area contributed by atoms with E-state index in [-0.39, 0.29) is 0 Å². The first kappa shape index (κ1) is 33.3. The number of aromatic amines is 2. The molecule has 2 aliphatic heterocycles. The highest BCUT2D eigenvalue weighted by Crippen LogP contribution is 2.39. The summed E-state index contributed by atoms with van der Waals surface area (Å²) in [4.78, 5) is 18.6. The summed E-state index contributed by atoms with van der Waals surface area (Å²) >= 11 is 0. The standard InChI is InChI=1S/C52H34N6/c1-32-28-33(31-53)30-36(29-32)51-43-22-20-39(54-43)49(34-12-4-2-5-13-34)41-24-26-45(56-41)52(58-47-18-10-8-16-37(47)38-17-9-11-19-48(38)58)46-27-25-42(57-46)50(35-14-6-3-7-15-35)40-21-23-44(51)55-40/h2-30,54,57H,1H3. The van der Waals surface area contributed by atoms with Crippen molar-refractivity contribution in [2.75, 3.05) is 0 Å². The number of nitrogens with one attached hydrogen (secondary N) is 2. The van der Waals surface area contributed by atoms with E-state index in [1.165, 1.54) is 10.8 Å². The number of para-hydroxylation sites is 2. The topological polar surface area (TPSA) is 86.1 Å². The fourth-order valence-corrected chi connectivity index (χ4v) is 8.70. The number of benzene rings is 5. The number of fused-ring (bicyclic) bond motifs is 11. The van der Waals surface area contributed by atoms with E-state index in [2.05, 4.69) is 172 Å². The van der Waals surface area contributed by atoms with Gasteiger partial charge in [-0.2, -0.15) is 5.26 Å². The Kier molecular flexibility index (Phi) is 7.66. The molecule has 5 aromatic carbocycles. The molecule has 58 heavy (non-hydrogen) atoms. The van der Waals surface area contributed by atoms with Crippen LogP contribution >= 0.6 is 0 Å². The van der Waals surface area contributed by atoms with Crippen LogP contribution in [-0.2, 0) is 0 Å². The van der Waals surface area contributed by atoms with Gasteiger partial charge >= 0.3 is 0 Å². The molecule has 9 aromatic rings. The van der Waals surface area contributed by atoms with E-state index < -0.39 is 0 Å². The number of H-pyrrole nitrogens is 2. The van der Waals surface area contributed by atoms with Gasteiger partial charge < -0.3 is 14.5 Å². The molecular weight excluding hydrogens is 709 g/mol. The normalized spacial score (nSPS) is 12.1. The van der Waals surface area contributed by atoms with E-state index in [0.717, 1.165) is 101 Å². The van der Waals surface area contributed by atoms with Crippen molar-refractivity contribution < 1.29 is 0 Å². The number of rotatable bonds is 4. The van der Waals surface area contributed by atoms with Crippen molar-refractivity contribution >= 4 is 68.2 Å². The van der Waals surface area contributed by atoms with Crippen LogP contribution in [0.15, 0.2) is 152 Å². The third-order valence-corrected chi connectivity index (χ3v) is 11.1. The molecule has 0 atom stereocenters. The van der Waals surface area contributed by atoms with Gasteiger partial charge in [-0.05, 0) is 102 Å². The zero-order valence-electron chi connectivity index (χ0n) is 31.5. The van der Waals surface area contributed by atoms with E-state index in [1.54, 1.807) is 0 Å². The summed E-state index contributed by atoms with van der Waals surface area (Å²) in [5.41, 5.74) is 17.6. The lowest BCUT2D eigenvalue weighted by Gasteiger charge is -2.10. The molecule has 0 saturated carbocycles. The van der Waals surface area contributed by atoms with Gasteiger partial charge in [0.25, 0.3) is 0 Å². The Labute approximate surface area is 334 Å². The Morgan fingerprint density at radius 3 is 1.47 bits per heavy atom. The first-order chi connectivity index (χ1) is 28.6. The van der Waals surface area contributed by atoms with Crippen molar-refractivity contribution in [2.45, 2.75) is 6.92 Å². The Morgan fingerprint density at radius 2 is 0.914 bits per heavy atom. The highest BCUT2D eigenvalue weighted by Gasteiger charge is 2.21. The van der Waals surface area contributed by atoms with Gasteiger partial charge in [-0.15, -0.1) is 0 Å².